The molecule has 0 fully saturated rings. The Morgan fingerprint density at radius 1 is 1.45 bits per heavy atom. The Balaban J connectivity index is 1.83. The van der Waals surface area contributed by atoms with E-state index in [4.69, 9.17) is 11.6 Å². The average molecular weight is 308 g/mol. The SMILES string of the molecule is O=C(/C=C/c1cccc(Cl)c1)NCC(O)c1ccsc1. The van der Waals surface area contributed by atoms with Crippen molar-refractivity contribution in [1.29, 1.82) is 0 Å². The Morgan fingerprint density at radius 3 is 3.00 bits per heavy atom. The highest BCUT2D eigenvalue weighted by Crippen LogP contribution is 2.15. The van der Waals surface area contributed by atoms with Gasteiger partial charge in [0.25, 0.3) is 0 Å². The van der Waals surface area contributed by atoms with E-state index in [0.717, 1.165) is 11.1 Å². The van der Waals surface area contributed by atoms with Gasteiger partial charge in [0.15, 0.2) is 0 Å². The summed E-state index contributed by atoms with van der Waals surface area (Å²) in [5.41, 5.74) is 1.67. The molecular formula is C15H14ClNO2S. The van der Waals surface area contributed by atoms with Crippen LogP contribution in [0.2, 0.25) is 5.02 Å². The van der Waals surface area contributed by atoms with Gasteiger partial charge in [-0.3, -0.25) is 4.79 Å². The Bertz CT molecular complexity index is 596. The van der Waals surface area contributed by atoms with E-state index < -0.39 is 6.10 Å². The van der Waals surface area contributed by atoms with Gasteiger partial charge in [-0.05, 0) is 46.2 Å². The Kier molecular flexibility index (Phi) is 5.35. The minimum absolute atomic E-state index is 0.190. The second-order valence-electron chi connectivity index (χ2n) is 4.21. The van der Waals surface area contributed by atoms with E-state index in [1.807, 2.05) is 29.0 Å². The second kappa shape index (κ2) is 7.24. The molecule has 0 saturated carbocycles. The molecule has 1 unspecified atom stereocenters. The van der Waals surface area contributed by atoms with Crippen LogP contribution in [0.3, 0.4) is 0 Å². The van der Waals surface area contributed by atoms with Gasteiger partial charge >= 0.3 is 0 Å². The van der Waals surface area contributed by atoms with E-state index in [2.05, 4.69) is 5.32 Å². The molecule has 3 nitrogen and oxygen atoms in total. The Labute approximate surface area is 126 Å². The maximum atomic E-state index is 11.6. The first-order valence-electron chi connectivity index (χ1n) is 6.07. The van der Waals surface area contributed by atoms with Crippen LogP contribution < -0.4 is 5.32 Å². The molecule has 0 aliphatic heterocycles. The van der Waals surface area contributed by atoms with Crippen LogP contribution in [0, 0.1) is 0 Å². The van der Waals surface area contributed by atoms with E-state index in [0.29, 0.717) is 5.02 Å². The highest BCUT2D eigenvalue weighted by molar-refractivity contribution is 7.07. The monoisotopic (exact) mass is 307 g/mol. The van der Waals surface area contributed by atoms with Crippen LogP contribution in [-0.4, -0.2) is 17.6 Å². The van der Waals surface area contributed by atoms with E-state index in [-0.39, 0.29) is 12.5 Å². The van der Waals surface area contributed by atoms with Crippen LogP contribution in [-0.2, 0) is 4.79 Å². The number of hydrogen-bond acceptors (Lipinski definition) is 3. The number of hydrogen-bond donors (Lipinski definition) is 2. The van der Waals surface area contributed by atoms with Gasteiger partial charge < -0.3 is 10.4 Å². The van der Waals surface area contributed by atoms with Crippen molar-refractivity contribution >= 4 is 34.9 Å². The number of carbonyl (C=O) groups excluding carboxylic acids is 1. The molecule has 1 aromatic carbocycles. The fraction of sp³-hybridized carbons (Fsp3) is 0.133. The number of carbonyl (C=O) groups is 1. The lowest BCUT2D eigenvalue weighted by Crippen LogP contribution is -2.26. The van der Waals surface area contributed by atoms with Crippen molar-refractivity contribution in [2.24, 2.45) is 0 Å². The zero-order valence-electron chi connectivity index (χ0n) is 10.6. The van der Waals surface area contributed by atoms with Gasteiger partial charge in [-0.2, -0.15) is 11.3 Å². The number of nitrogens with one attached hydrogen (secondary N) is 1. The summed E-state index contributed by atoms with van der Waals surface area (Å²) in [5.74, 6) is -0.251. The van der Waals surface area contributed by atoms with Crippen molar-refractivity contribution in [2.75, 3.05) is 6.54 Å². The first kappa shape index (κ1) is 14.8. The van der Waals surface area contributed by atoms with Crippen molar-refractivity contribution in [3.63, 3.8) is 0 Å². The van der Waals surface area contributed by atoms with Gasteiger partial charge in [0.2, 0.25) is 5.91 Å². The lowest BCUT2D eigenvalue weighted by molar-refractivity contribution is -0.116. The molecule has 5 heteroatoms. The molecule has 1 heterocycles. The molecule has 0 bridgehead atoms. The van der Waals surface area contributed by atoms with Crippen LogP contribution in [0.4, 0.5) is 0 Å². The maximum absolute atomic E-state index is 11.6. The van der Waals surface area contributed by atoms with Crippen molar-refractivity contribution in [3.05, 3.63) is 63.3 Å². The lowest BCUT2D eigenvalue weighted by atomic mass is 10.2. The summed E-state index contributed by atoms with van der Waals surface area (Å²) in [6, 6.07) is 9.06. The lowest BCUT2D eigenvalue weighted by Gasteiger charge is -2.08. The van der Waals surface area contributed by atoms with Crippen LogP contribution in [0.25, 0.3) is 6.08 Å². The largest absolute Gasteiger partial charge is 0.387 e. The third-order valence-electron chi connectivity index (χ3n) is 2.67. The van der Waals surface area contributed by atoms with E-state index >= 15 is 0 Å². The van der Waals surface area contributed by atoms with Crippen LogP contribution in [0.15, 0.2) is 47.2 Å². The summed E-state index contributed by atoms with van der Waals surface area (Å²) in [5, 5.41) is 16.9. The highest BCUT2D eigenvalue weighted by atomic mass is 35.5. The Morgan fingerprint density at radius 2 is 2.30 bits per heavy atom. The molecule has 0 radical (unpaired) electrons. The summed E-state index contributed by atoms with van der Waals surface area (Å²) in [6.45, 7) is 0.190. The van der Waals surface area contributed by atoms with Crippen LogP contribution in [0.5, 0.6) is 0 Å². The summed E-state index contributed by atoms with van der Waals surface area (Å²) in [7, 11) is 0. The number of rotatable bonds is 5. The number of aliphatic hydroxyl groups is 1. The summed E-state index contributed by atoms with van der Waals surface area (Å²) >= 11 is 7.37. The van der Waals surface area contributed by atoms with Crippen molar-refractivity contribution < 1.29 is 9.90 Å². The predicted octanol–water partition coefficient (Wildman–Crippen LogP) is 3.26. The van der Waals surface area contributed by atoms with Gasteiger partial charge in [-0.25, -0.2) is 0 Å². The topological polar surface area (TPSA) is 49.3 Å². The quantitative estimate of drug-likeness (QED) is 0.833. The van der Waals surface area contributed by atoms with Crippen molar-refractivity contribution in [2.45, 2.75) is 6.10 Å². The fourth-order valence-corrected chi connectivity index (χ4v) is 2.53. The number of halogens is 1. The molecule has 2 aromatic rings. The first-order chi connectivity index (χ1) is 9.65. The highest BCUT2D eigenvalue weighted by Gasteiger charge is 2.08. The van der Waals surface area contributed by atoms with E-state index in [9.17, 15) is 9.90 Å². The zero-order chi connectivity index (χ0) is 14.4. The second-order valence-corrected chi connectivity index (χ2v) is 5.42. The molecule has 0 saturated heterocycles. The molecule has 1 amide bonds. The van der Waals surface area contributed by atoms with Gasteiger partial charge in [0, 0.05) is 17.6 Å². The number of benzene rings is 1. The smallest absolute Gasteiger partial charge is 0.244 e. The zero-order valence-corrected chi connectivity index (χ0v) is 12.2. The summed E-state index contributed by atoms with van der Waals surface area (Å²) in [4.78, 5) is 11.6. The minimum Gasteiger partial charge on any atom is -0.387 e. The van der Waals surface area contributed by atoms with Gasteiger partial charge in [-0.15, -0.1) is 0 Å². The average Bonchev–Trinajstić information content (AvgIpc) is 2.97. The van der Waals surface area contributed by atoms with Crippen LogP contribution >= 0.6 is 22.9 Å². The minimum atomic E-state index is -0.676. The summed E-state index contributed by atoms with van der Waals surface area (Å²) < 4.78 is 0. The first-order valence-corrected chi connectivity index (χ1v) is 7.39. The molecule has 20 heavy (non-hydrogen) atoms. The normalized spacial score (nSPS) is 12.5. The Hall–Kier alpha value is -1.62. The fourth-order valence-electron chi connectivity index (χ4n) is 1.62. The van der Waals surface area contributed by atoms with Gasteiger partial charge in [0.05, 0.1) is 6.10 Å². The van der Waals surface area contributed by atoms with E-state index in [1.165, 1.54) is 17.4 Å². The molecule has 2 rings (SSSR count). The third kappa shape index (κ3) is 4.49. The molecule has 1 aromatic heterocycles. The molecule has 0 aliphatic carbocycles. The van der Waals surface area contributed by atoms with Gasteiger partial charge in [0.1, 0.15) is 0 Å². The summed E-state index contributed by atoms with van der Waals surface area (Å²) in [6.07, 6.45) is 2.43. The van der Waals surface area contributed by atoms with Crippen molar-refractivity contribution in [3.8, 4) is 0 Å². The number of thiophene rings is 1. The number of aliphatic hydroxyl groups excluding tert-OH is 1. The number of amides is 1. The molecular weight excluding hydrogens is 294 g/mol. The molecule has 1 atom stereocenters. The van der Waals surface area contributed by atoms with Gasteiger partial charge in [-0.1, -0.05) is 23.7 Å². The third-order valence-corrected chi connectivity index (χ3v) is 3.61. The molecule has 104 valence electrons. The molecule has 0 spiro atoms. The molecule has 0 aliphatic rings. The molecule has 2 N–H and O–H groups in total. The van der Waals surface area contributed by atoms with Crippen LogP contribution in [0.1, 0.15) is 17.2 Å². The standard InChI is InChI=1S/C15H14ClNO2S/c16-13-3-1-2-11(8-13)4-5-15(19)17-9-14(18)12-6-7-20-10-12/h1-8,10,14,18H,9H2,(H,17,19)/b5-4+. The maximum Gasteiger partial charge on any atom is 0.244 e. The van der Waals surface area contributed by atoms with Crippen molar-refractivity contribution in [1.82, 2.24) is 5.32 Å². The predicted molar refractivity (Wildman–Crippen MR) is 82.8 cm³/mol. The van der Waals surface area contributed by atoms with E-state index in [1.54, 1.807) is 18.2 Å².